The van der Waals surface area contributed by atoms with Crippen LogP contribution in [0.4, 0.5) is 5.69 Å². The maximum atomic E-state index is 5.41. The Kier molecular flexibility index (Phi) is 5.02. The predicted octanol–water partition coefficient (Wildman–Crippen LogP) is 2.41. The fourth-order valence-corrected chi connectivity index (χ4v) is 2.40. The minimum Gasteiger partial charge on any atom is -0.381 e. The van der Waals surface area contributed by atoms with Gasteiger partial charge in [-0.2, -0.15) is 0 Å². The molecule has 3 nitrogen and oxygen atoms in total. The third kappa shape index (κ3) is 3.47. The first-order valence-electron chi connectivity index (χ1n) is 6.91. The van der Waals surface area contributed by atoms with E-state index in [0.29, 0.717) is 6.04 Å². The Morgan fingerprint density at radius 2 is 1.89 bits per heavy atom. The van der Waals surface area contributed by atoms with E-state index in [0.717, 1.165) is 39.1 Å². The van der Waals surface area contributed by atoms with Crippen LogP contribution in [0.5, 0.6) is 0 Å². The van der Waals surface area contributed by atoms with Gasteiger partial charge in [0.2, 0.25) is 0 Å². The van der Waals surface area contributed by atoms with Crippen LogP contribution >= 0.6 is 0 Å². The molecule has 1 saturated heterocycles. The molecule has 0 radical (unpaired) electrons. The number of nitrogens with zero attached hydrogens (tertiary/aromatic N) is 1. The van der Waals surface area contributed by atoms with E-state index >= 15 is 0 Å². The molecule has 2 rings (SSSR count). The monoisotopic (exact) mass is 248 g/mol. The van der Waals surface area contributed by atoms with E-state index in [2.05, 4.69) is 48.5 Å². The van der Waals surface area contributed by atoms with Gasteiger partial charge in [-0.3, -0.25) is 0 Å². The highest BCUT2D eigenvalue weighted by molar-refractivity contribution is 5.47. The van der Waals surface area contributed by atoms with Crippen molar-refractivity contribution < 1.29 is 4.74 Å². The lowest BCUT2D eigenvalue weighted by atomic mass is 10.1. The zero-order chi connectivity index (χ0) is 12.8. The van der Waals surface area contributed by atoms with Gasteiger partial charge in [-0.25, -0.2) is 0 Å². The summed E-state index contributed by atoms with van der Waals surface area (Å²) in [6.07, 6.45) is 2.27. The summed E-state index contributed by atoms with van der Waals surface area (Å²) in [7, 11) is 2.19. The van der Waals surface area contributed by atoms with Gasteiger partial charge in [0.1, 0.15) is 0 Å². The van der Waals surface area contributed by atoms with Crippen LogP contribution in [0.25, 0.3) is 0 Å². The van der Waals surface area contributed by atoms with Crippen molar-refractivity contribution in [2.75, 3.05) is 31.7 Å². The van der Waals surface area contributed by atoms with E-state index in [1.807, 2.05) is 0 Å². The minimum atomic E-state index is 0.623. The van der Waals surface area contributed by atoms with Gasteiger partial charge in [0.25, 0.3) is 0 Å². The van der Waals surface area contributed by atoms with Crippen molar-refractivity contribution >= 4 is 5.69 Å². The number of ether oxygens (including phenoxy) is 1. The maximum Gasteiger partial charge on any atom is 0.0485 e. The van der Waals surface area contributed by atoms with Crippen LogP contribution in [0.3, 0.4) is 0 Å². The Morgan fingerprint density at radius 1 is 1.22 bits per heavy atom. The van der Waals surface area contributed by atoms with Crippen LogP contribution in [0.1, 0.15) is 25.3 Å². The molecule has 1 N–H and O–H groups in total. The molecule has 1 aromatic carbocycles. The van der Waals surface area contributed by atoms with Crippen molar-refractivity contribution in [1.29, 1.82) is 0 Å². The second-order valence-electron chi connectivity index (χ2n) is 4.90. The summed E-state index contributed by atoms with van der Waals surface area (Å²) in [5.74, 6) is 0. The smallest absolute Gasteiger partial charge is 0.0485 e. The van der Waals surface area contributed by atoms with Gasteiger partial charge in [-0.1, -0.05) is 19.1 Å². The van der Waals surface area contributed by atoms with Crippen LogP contribution in [0.2, 0.25) is 0 Å². The third-order valence-corrected chi connectivity index (χ3v) is 3.66. The van der Waals surface area contributed by atoms with Gasteiger partial charge in [0.15, 0.2) is 0 Å². The quantitative estimate of drug-likeness (QED) is 0.866. The summed E-state index contributed by atoms with van der Waals surface area (Å²) in [4.78, 5) is 2.39. The van der Waals surface area contributed by atoms with Crippen molar-refractivity contribution in [3.63, 3.8) is 0 Å². The highest BCUT2D eigenvalue weighted by atomic mass is 16.5. The van der Waals surface area contributed by atoms with Crippen molar-refractivity contribution in [1.82, 2.24) is 5.32 Å². The number of anilines is 1. The number of nitrogens with one attached hydrogen (secondary N) is 1. The lowest BCUT2D eigenvalue weighted by Crippen LogP contribution is -2.36. The van der Waals surface area contributed by atoms with Gasteiger partial charge in [0, 0.05) is 38.5 Å². The van der Waals surface area contributed by atoms with Crippen LogP contribution in [0, 0.1) is 0 Å². The zero-order valence-electron chi connectivity index (χ0n) is 11.5. The predicted molar refractivity (Wildman–Crippen MR) is 76.1 cm³/mol. The molecule has 3 heteroatoms. The molecule has 1 heterocycles. The van der Waals surface area contributed by atoms with E-state index in [1.165, 1.54) is 11.3 Å². The average molecular weight is 248 g/mol. The molecule has 1 fully saturated rings. The Labute approximate surface area is 110 Å². The molecule has 0 aliphatic carbocycles. The zero-order valence-corrected chi connectivity index (χ0v) is 11.5. The van der Waals surface area contributed by atoms with Crippen LogP contribution in [-0.4, -0.2) is 32.8 Å². The summed E-state index contributed by atoms with van der Waals surface area (Å²) in [6, 6.07) is 9.50. The summed E-state index contributed by atoms with van der Waals surface area (Å²) in [5.41, 5.74) is 2.66. The van der Waals surface area contributed by atoms with E-state index in [9.17, 15) is 0 Å². The molecule has 0 bridgehead atoms. The van der Waals surface area contributed by atoms with Gasteiger partial charge < -0.3 is 15.0 Å². The Hall–Kier alpha value is -1.06. The molecule has 0 spiro atoms. The normalized spacial score (nSPS) is 16.8. The fourth-order valence-electron chi connectivity index (χ4n) is 2.40. The highest BCUT2D eigenvalue weighted by Crippen LogP contribution is 2.21. The van der Waals surface area contributed by atoms with Crippen molar-refractivity contribution in [2.45, 2.75) is 32.4 Å². The Bertz CT molecular complexity index is 344. The molecule has 100 valence electrons. The van der Waals surface area contributed by atoms with E-state index in [4.69, 9.17) is 4.74 Å². The minimum absolute atomic E-state index is 0.623. The van der Waals surface area contributed by atoms with E-state index in [-0.39, 0.29) is 0 Å². The second kappa shape index (κ2) is 6.76. The van der Waals surface area contributed by atoms with Crippen molar-refractivity contribution in [3.05, 3.63) is 29.8 Å². The SMILES string of the molecule is CCNCc1ccc(N(C)C2CCOCC2)cc1. The number of rotatable bonds is 5. The van der Waals surface area contributed by atoms with Crippen molar-refractivity contribution in [2.24, 2.45) is 0 Å². The van der Waals surface area contributed by atoms with Crippen molar-refractivity contribution in [3.8, 4) is 0 Å². The summed E-state index contributed by atoms with van der Waals surface area (Å²) in [5, 5.41) is 3.35. The number of benzene rings is 1. The Morgan fingerprint density at radius 3 is 2.50 bits per heavy atom. The number of hydrogen-bond acceptors (Lipinski definition) is 3. The number of hydrogen-bond donors (Lipinski definition) is 1. The largest absolute Gasteiger partial charge is 0.381 e. The van der Waals surface area contributed by atoms with Crippen LogP contribution in [-0.2, 0) is 11.3 Å². The highest BCUT2D eigenvalue weighted by Gasteiger charge is 2.18. The van der Waals surface area contributed by atoms with Gasteiger partial charge in [-0.15, -0.1) is 0 Å². The molecule has 0 atom stereocenters. The summed E-state index contributed by atoms with van der Waals surface area (Å²) < 4.78 is 5.41. The first-order chi connectivity index (χ1) is 8.81. The molecule has 1 aliphatic rings. The molecule has 1 aliphatic heterocycles. The third-order valence-electron chi connectivity index (χ3n) is 3.66. The molecular weight excluding hydrogens is 224 g/mol. The van der Waals surface area contributed by atoms with E-state index in [1.54, 1.807) is 0 Å². The molecule has 0 aromatic heterocycles. The lowest BCUT2D eigenvalue weighted by molar-refractivity contribution is 0.0855. The fraction of sp³-hybridized carbons (Fsp3) is 0.600. The van der Waals surface area contributed by atoms with Gasteiger partial charge in [-0.05, 0) is 37.1 Å². The molecular formula is C15H24N2O. The van der Waals surface area contributed by atoms with Gasteiger partial charge >= 0.3 is 0 Å². The van der Waals surface area contributed by atoms with Gasteiger partial charge in [0.05, 0.1) is 0 Å². The summed E-state index contributed by atoms with van der Waals surface area (Å²) >= 11 is 0. The first kappa shape index (κ1) is 13.4. The molecule has 0 unspecified atom stereocenters. The first-order valence-corrected chi connectivity index (χ1v) is 6.91. The molecule has 18 heavy (non-hydrogen) atoms. The van der Waals surface area contributed by atoms with Crippen LogP contribution < -0.4 is 10.2 Å². The summed E-state index contributed by atoms with van der Waals surface area (Å²) in [6.45, 7) is 5.90. The molecule has 1 aromatic rings. The lowest BCUT2D eigenvalue weighted by Gasteiger charge is -2.33. The standard InChI is InChI=1S/C15H24N2O/c1-3-16-12-13-4-6-14(7-5-13)17(2)15-8-10-18-11-9-15/h4-7,15-16H,3,8-12H2,1-2H3. The topological polar surface area (TPSA) is 24.5 Å². The molecule has 0 saturated carbocycles. The van der Waals surface area contributed by atoms with Crippen LogP contribution in [0.15, 0.2) is 24.3 Å². The Balaban J connectivity index is 1.95. The molecule has 0 amide bonds. The maximum absolute atomic E-state index is 5.41. The van der Waals surface area contributed by atoms with E-state index < -0.39 is 0 Å². The second-order valence-corrected chi connectivity index (χ2v) is 4.90. The average Bonchev–Trinajstić information content (AvgIpc) is 2.46.